The third-order valence-electron chi connectivity index (χ3n) is 3.34. The molecular weight excluding hydrogens is 280 g/mol. The van der Waals surface area contributed by atoms with E-state index in [2.05, 4.69) is 20.5 Å². The summed E-state index contributed by atoms with van der Waals surface area (Å²) in [5, 5.41) is 20.2. The van der Waals surface area contributed by atoms with Crippen LogP contribution in [0.5, 0.6) is 11.6 Å². The van der Waals surface area contributed by atoms with Crippen molar-refractivity contribution in [3.05, 3.63) is 48.2 Å². The van der Waals surface area contributed by atoms with Gasteiger partial charge in [-0.15, -0.1) is 0 Å². The molecular formula is C16H16N4O2. The molecule has 6 heteroatoms. The summed E-state index contributed by atoms with van der Waals surface area (Å²) in [6.45, 7) is 1.92. The fraction of sp³-hybridized carbons (Fsp3) is 0.125. The van der Waals surface area contributed by atoms with Crippen molar-refractivity contribution in [2.45, 2.75) is 6.92 Å². The Morgan fingerprint density at radius 1 is 1.23 bits per heavy atom. The molecule has 3 aromatic rings. The quantitative estimate of drug-likeness (QED) is 0.644. The van der Waals surface area contributed by atoms with Gasteiger partial charge in [-0.1, -0.05) is 12.1 Å². The minimum absolute atomic E-state index is 0.190. The predicted molar refractivity (Wildman–Crippen MR) is 84.5 cm³/mol. The van der Waals surface area contributed by atoms with Crippen molar-refractivity contribution in [1.29, 1.82) is 0 Å². The van der Waals surface area contributed by atoms with Crippen LogP contribution in [-0.4, -0.2) is 27.4 Å². The Kier molecular flexibility index (Phi) is 3.65. The zero-order valence-corrected chi connectivity index (χ0v) is 12.3. The molecule has 0 fully saturated rings. The lowest BCUT2D eigenvalue weighted by Crippen LogP contribution is -1.93. The van der Waals surface area contributed by atoms with Crippen LogP contribution in [0.25, 0.3) is 11.3 Å². The molecule has 0 radical (unpaired) electrons. The molecule has 3 N–H and O–H groups in total. The van der Waals surface area contributed by atoms with E-state index in [-0.39, 0.29) is 5.75 Å². The highest BCUT2D eigenvalue weighted by molar-refractivity contribution is 5.70. The van der Waals surface area contributed by atoms with Crippen LogP contribution in [-0.2, 0) is 0 Å². The molecule has 0 atom stereocenters. The lowest BCUT2D eigenvalue weighted by molar-refractivity contribution is 0.398. The number of rotatable bonds is 4. The number of ether oxygens (including phenoxy) is 1. The largest absolute Gasteiger partial charge is 0.506 e. The number of para-hydroxylation sites is 1. The van der Waals surface area contributed by atoms with Gasteiger partial charge in [0.1, 0.15) is 5.75 Å². The zero-order valence-electron chi connectivity index (χ0n) is 12.3. The topological polar surface area (TPSA) is 83.1 Å². The minimum Gasteiger partial charge on any atom is -0.506 e. The SMILES string of the molecule is COc1ccc(-c2cc(Nc3c(C)cccc3O)n[nH]2)cn1. The van der Waals surface area contributed by atoms with Crippen molar-refractivity contribution in [2.75, 3.05) is 12.4 Å². The Balaban J connectivity index is 1.84. The molecule has 2 heterocycles. The van der Waals surface area contributed by atoms with Crippen LogP contribution in [0.4, 0.5) is 11.5 Å². The first-order valence-electron chi connectivity index (χ1n) is 6.79. The number of hydrogen-bond acceptors (Lipinski definition) is 5. The molecule has 6 nitrogen and oxygen atoms in total. The summed E-state index contributed by atoms with van der Waals surface area (Å²) in [5.41, 5.74) is 3.31. The summed E-state index contributed by atoms with van der Waals surface area (Å²) < 4.78 is 5.04. The molecule has 1 aromatic carbocycles. The van der Waals surface area contributed by atoms with Crippen molar-refractivity contribution in [3.63, 3.8) is 0 Å². The van der Waals surface area contributed by atoms with Gasteiger partial charge in [-0.05, 0) is 24.6 Å². The third kappa shape index (κ3) is 2.71. The number of aromatic nitrogens is 3. The molecule has 112 valence electrons. The van der Waals surface area contributed by atoms with E-state index in [1.165, 1.54) is 0 Å². The fourth-order valence-corrected chi connectivity index (χ4v) is 2.14. The van der Waals surface area contributed by atoms with E-state index in [0.29, 0.717) is 17.4 Å². The zero-order chi connectivity index (χ0) is 15.5. The number of nitrogens with zero attached hydrogens (tertiary/aromatic N) is 2. The maximum absolute atomic E-state index is 9.91. The second kappa shape index (κ2) is 5.77. The van der Waals surface area contributed by atoms with E-state index >= 15 is 0 Å². The molecule has 0 bridgehead atoms. The lowest BCUT2D eigenvalue weighted by Gasteiger charge is -2.08. The Labute approximate surface area is 127 Å². The van der Waals surface area contributed by atoms with Gasteiger partial charge in [0.05, 0.1) is 18.5 Å². The summed E-state index contributed by atoms with van der Waals surface area (Å²) in [7, 11) is 1.58. The maximum atomic E-state index is 9.91. The molecule has 0 aliphatic carbocycles. The molecule has 0 saturated heterocycles. The lowest BCUT2D eigenvalue weighted by atomic mass is 10.2. The molecule has 0 aliphatic heterocycles. The number of hydrogen-bond donors (Lipinski definition) is 3. The van der Waals surface area contributed by atoms with E-state index < -0.39 is 0 Å². The highest BCUT2D eigenvalue weighted by atomic mass is 16.5. The molecule has 0 unspecified atom stereocenters. The van der Waals surface area contributed by atoms with Gasteiger partial charge >= 0.3 is 0 Å². The van der Waals surface area contributed by atoms with Crippen LogP contribution in [0.15, 0.2) is 42.6 Å². The minimum atomic E-state index is 0.190. The van der Waals surface area contributed by atoms with Crippen molar-refractivity contribution in [2.24, 2.45) is 0 Å². The number of methoxy groups -OCH3 is 1. The fourth-order valence-electron chi connectivity index (χ4n) is 2.14. The summed E-state index contributed by atoms with van der Waals surface area (Å²) in [6, 6.07) is 10.9. The van der Waals surface area contributed by atoms with Crippen LogP contribution >= 0.6 is 0 Å². The molecule has 3 rings (SSSR count). The van der Waals surface area contributed by atoms with Gasteiger partial charge in [0.25, 0.3) is 0 Å². The van der Waals surface area contributed by atoms with Crippen LogP contribution in [0.1, 0.15) is 5.56 Å². The average molecular weight is 296 g/mol. The van der Waals surface area contributed by atoms with E-state index in [4.69, 9.17) is 4.74 Å². The molecule has 2 aromatic heterocycles. The van der Waals surface area contributed by atoms with Crippen molar-refractivity contribution < 1.29 is 9.84 Å². The predicted octanol–water partition coefficient (Wildman–Crippen LogP) is 3.24. The highest BCUT2D eigenvalue weighted by Crippen LogP contribution is 2.30. The molecule has 0 spiro atoms. The van der Waals surface area contributed by atoms with Gasteiger partial charge in [-0.3, -0.25) is 5.10 Å². The second-order valence-corrected chi connectivity index (χ2v) is 4.85. The van der Waals surface area contributed by atoms with Crippen LogP contribution < -0.4 is 10.1 Å². The van der Waals surface area contributed by atoms with Gasteiger partial charge in [0, 0.05) is 23.9 Å². The van der Waals surface area contributed by atoms with E-state index in [1.54, 1.807) is 31.5 Å². The monoisotopic (exact) mass is 296 g/mol. The molecule has 0 aliphatic rings. The highest BCUT2D eigenvalue weighted by Gasteiger charge is 2.08. The van der Waals surface area contributed by atoms with Crippen LogP contribution in [0, 0.1) is 6.92 Å². The van der Waals surface area contributed by atoms with Crippen molar-refractivity contribution in [3.8, 4) is 22.9 Å². The number of nitrogens with one attached hydrogen (secondary N) is 2. The van der Waals surface area contributed by atoms with Crippen molar-refractivity contribution >= 4 is 11.5 Å². The summed E-state index contributed by atoms with van der Waals surface area (Å²) >= 11 is 0. The Morgan fingerprint density at radius 2 is 2.09 bits per heavy atom. The van der Waals surface area contributed by atoms with E-state index in [9.17, 15) is 5.11 Å². The second-order valence-electron chi connectivity index (χ2n) is 4.85. The summed E-state index contributed by atoms with van der Waals surface area (Å²) in [5.74, 6) is 1.37. The number of phenolic OH excluding ortho intramolecular Hbond substituents is 1. The van der Waals surface area contributed by atoms with Gasteiger partial charge < -0.3 is 15.2 Å². The third-order valence-corrected chi connectivity index (χ3v) is 3.34. The summed E-state index contributed by atoms with van der Waals surface area (Å²) in [6.07, 6.45) is 1.71. The number of H-pyrrole nitrogens is 1. The number of aryl methyl sites for hydroxylation is 1. The summed E-state index contributed by atoms with van der Waals surface area (Å²) in [4.78, 5) is 4.16. The van der Waals surface area contributed by atoms with Crippen LogP contribution in [0.3, 0.4) is 0 Å². The Hall–Kier alpha value is -3.02. The van der Waals surface area contributed by atoms with E-state index in [0.717, 1.165) is 16.8 Å². The number of pyridine rings is 1. The first-order chi connectivity index (χ1) is 10.7. The number of aromatic hydroxyl groups is 1. The average Bonchev–Trinajstić information content (AvgIpc) is 3.00. The molecule has 0 saturated carbocycles. The molecule has 0 amide bonds. The maximum Gasteiger partial charge on any atom is 0.212 e. The van der Waals surface area contributed by atoms with Gasteiger partial charge in [-0.25, -0.2) is 4.98 Å². The standard InChI is InChI=1S/C16H16N4O2/c1-10-4-3-5-13(21)16(10)18-14-8-12(19-20-14)11-6-7-15(22-2)17-9-11/h3-9,21H,1-2H3,(H2,18,19,20). The van der Waals surface area contributed by atoms with Crippen LogP contribution in [0.2, 0.25) is 0 Å². The van der Waals surface area contributed by atoms with Gasteiger partial charge in [0.15, 0.2) is 5.82 Å². The van der Waals surface area contributed by atoms with Gasteiger partial charge in [-0.2, -0.15) is 5.10 Å². The molecule has 22 heavy (non-hydrogen) atoms. The smallest absolute Gasteiger partial charge is 0.212 e. The normalized spacial score (nSPS) is 10.5. The number of aromatic amines is 1. The first kappa shape index (κ1) is 13.9. The number of benzene rings is 1. The Bertz CT molecular complexity index is 761. The van der Waals surface area contributed by atoms with Gasteiger partial charge in [0.2, 0.25) is 5.88 Å². The van der Waals surface area contributed by atoms with E-state index in [1.807, 2.05) is 25.1 Å². The Morgan fingerprint density at radius 3 is 2.77 bits per heavy atom. The van der Waals surface area contributed by atoms with Crippen molar-refractivity contribution in [1.82, 2.24) is 15.2 Å². The number of anilines is 2. The number of phenols is 1. The first-order valence-corrected chi connectivity index (χ1v) is 6.79.